The number of hydroxylamine groups is 2. The molecular weight excluding hydrogens is 160 g/mol. The molecule has 1 heterocycles. The van der Waals surface area contributed by atoms with Crippen molar-refractivity contribution in [2.24, 2.45) is 11.7 Å². The number of nitrogens with two attached hydrogens (primary N) is 1. The lowest BCUT2D eigenvalue weighted by Gasteiger charge is -2.16. The van der Waals surface area contributed by atoms with E-state index >= 15 is 0 Å². The number of primary amides is 1. The smallest absolute Gasteiger partial charge is 0.221 e. The van der Waals surface area contributed by atoms with Gasteiger partial charge in [0.25, 0.3) is 0 Å². The summed E-state index contributed by atoms with van der Waals surface area (Å²) in [7, 11) is 0. The van der Waals surface area contributed by atoms with Crippen LogP contribution in [0.4, 0.5) is 0 Å². The monoisotopic (exact) mass is 174 g/mol. The van der Waals surface area contributed by atoms with Crippen molar-refractivity contribution in [1.82, 2.24) is 5.06 Å². The zero-order chi connectivity index (χ0) is 9.14. The first kappa shape index (κ1) is 9.44. The van der Waals surface area contributed by atoms with Crippen LogP contribution in [0, 0.1) is 5.92 Å². The van der Waals surface area contributed by atoms with Crippen LogP contribution in [0.5, 0.6) is 0 Å². The van der Waals surface area contributed by atoms with Gasteiger partial charge in [0, 0.05) is 12.5 Å². The van der Waals surface area contributed by atoms with Crippen molar-refractivity contribution in [1.29, 1.82) is 0 Å². The summed E-state index contributed by atoms with van der Waals surface area (Å²) in [5.41, 5.74) is 5.07. The number of nitrogens with zero attached hydrogens (tertiary/aromatic N) is 1. The number of rotatable bonds is 3. The van der Waals surface area contributed by atoms with Gasteiger partial charge in [-0.3, -0.25) is 9.63 Å². The number of aliphatic hydroxyl groups excluding tert-OH is 1. The summed E-state index contributed by atoms with van der Waals surface area (Å²) < 4.78 is 0. The molecule has 5 nitrogen and oxygen atoms in total. The van der Waals surface area contributed by atoms with Crippen molar-refractivity contribution in [2.75, 3.05) is 19.7 Å². The second-order valence-corrected chi connectivity index (χ2v) is 3.10. The number of aliphatic hydroxyl groups is 1. The maximum absolute atomic E-state index is 10.6. The van der Waals surface area contributed by atoms with Gasteiger partial charge in [0.15, 0.2) is 0 Å². The molecule has 1 fully saturated rings. The molecule has 0 aromatic heterocycles. The van der Waals surface area contributed by atoms with Gasteiger partial charge < -0.3 is 10.8 Å². The third-order valence-corrected chi connectivity index (χ3v) is 1.83. The minimum atomic E-state index is -0.440. The van der Waals surface area contributed by atoms with Gasteiger partial charge in [-0.25, -0.2) is 0 Å². The molecule has 5 heteroatoms. The predicted molar refractivity (Wildman–Crippen MR) is 41.9 cm³/mol. The van der Waals surface area contributed by atoms with Crippen LogP contribution in [0.2, 0.25) is 0 Å². The topological polar surface area (TPSA) is 75.8 Å². The van der Waals surface area contributed by atoms with Gasteiger partial charge in [-0.05, 0) is 0 Å². The first-order valence-electron chi connectivity index (χ1n) is 3.95. The molecule has 2 unspecified atom stereocenters. The molecule has 1 aliphatic heterocycles. The summed E-state index contributed by atoms with van der Waals surface area (Å²) in [6, 6.07) is 0. The normalized spacial score (nSPS) is 27.3. The van der Waals surface area contributed by atoms with Crippen molar-refractivity contribution >= 4 is 5.91 Å². The van der Waals surface area contributed by atoms with Crippen LogP contribution in [0.1, 0.15) is 6.92 Å². The first-order chi connectivity index (χ1) is 5.59. The van der Waals surface area contributed by atoms with Crippen LogP contribution < -0.4 is 5.73 Å². The number of carbonyl (C=O) groups excluding carboxylic acids is 1. The molecule has 0 bridgehead atoms. The Morgan fingerprint density at radius 2 is 2.58 bits per heavy atom. The summed E-state index contributed by atoms with van der Waals surface area (Å²) in [4.78, 5) is 15.7. The van der Waals surface area contributed by atoms with Gasteiger partial charge in [0.1, 0.15) is 0 Å². The summed E-state index contributed by atoms with van der Waals surface area (Å²) in [5.74, 6) is -0.588. The Labute approximate surface area is 71.0 Å². The summed E-state index contributed by atoms with van der Waals surface area (Å²) >= 11 is 0. The highest BCUT2D eigenvalue weighted by Gasteiger charge is 2.24. The number of hydrogen-bond donors (Lipinski definition) is 2. The highest BCUT2D eigenvalue weighted by molar-refractivity contribution is 5.76. The lowest BCUT2D eigenvalue weighted by atomic mass is 10.2. The lowest BCUT2D eigenvalue weighted by molar-refractivity contribution is -0.135. The van der Waals surface area contributed by atoms with Gasteiger partial charge >= 0.3 is 0 Å². The van der Waals surface area contributed by atoms with Crippen LogP contribution in [0.25, 0.3) is 0 Å². The van der Waals surface area contributed by atoms with Crippen LogP contribution in [0.3, 0.4) is 0 Å². The van der Waals surface area contributed by atoms with E-state index in [9.17, 15) is 4.79 Å². The Hall–Kier alpha value is -0.650. The first-order valence-corrected chi connectivity index (χ1v) is 3.95. The standard InChI is InChI=1S/C7H14N2O3/c1-5(7(8)11)2-9-3-6(10)4-12-9/h5-6,10H,2-4H2,1H3,(H2,8,11). The Bertz CT molecular complexity index is 174. The van der Waals surface area contributed by atoms with Crippen molar-refractivity contribution in [3.05, 3.63) is 0 Å². The fourth-order valence-electron chi connectivity index (χ4n) is 1.05. The van der Waals surface area contributed by atoms with E-state index in [4.69, 9.17) is 15.7 Å². The van der Waals surface area contributed by atoms with E-state index in [1.807, 2.05) is 0 Å². The van der Waals surface area contributed by atoms with E-state index in [1.54, 1.807) is 12.0 Å². The quantitative estimate of drug-likeness (QED) is 0.558. The zero-order valence-corrected chi connectivity index (χ0v) is 7.06. The van der Waals surface area contributed by atoms with Crippen molar-refractivity contribution < 1.29 is 14.7 Å². The summed E-state index contributed by atoms with van der Waals surface area (Å²) in [6.07, 6.45) is -0.440. The van der Waals surface area contributed by atoms with Gasteiger partial charge in [-0.15, -0.1) is 0 Å². The van der Waals surface area contributed by atoms with E-state index < -0.39 is 6.10 Å². The molecule has 3 N–H and O–H groups in total. The van der Waals surface area contributed by atoms with E-state index in [0.717, 1.165) is 0 Å². The molecule has 0 aromatic carbocycles. The van der Waals surface area contributed by atoms with Gasteiger partial charge in [0.2, 0.25) is 5.91 Å². The zero-order valence-electron chi connectivity index (χ0n) is 7.06. The third-order valence-electron chi connectivity index (χ3n) is 1.83. The molecular formula is C7H14N2O3. The van der Waals surface area contributed by atoms with Crippen molar-refractivity contribution in [2.45, 2.75) is 13.0 Å². The minimum Gasteiger partial charge on any atom is -0.389 e. The summed E-state index contributed by atoms with van der Waals surface area (Å²) in [6.45, 7) is 2.95. The lowest BCUT2D eigenvalue weighted by Crippen LogP contribution is -2.33. The number of hydrogen-bond acceptors (Lipinski definition) is 4. The fraction of sp³-hybridized carbons (Fsp3) is 0.857. The maximum Gasteiger partial charge on any atom is 0.221 e. The van der Waals surface area contributed by atoms with Crippen LogP contribution in [0.15, 0.2) is 0 Å². The van der Waals surface area contributed by atoms with Crippen molar-refractivity contribution in [3.8, 4) is 0 Å². The highest BCUT2D eigenvalue weighted by Crippen LogP contribution is 2.08. The maximum atomic E-state index is 10.6. The molecule has 0 aliphatic carbocycles. The van der Waals surface area contributed by atoms with Crippen LogP contribution in [-0.4, -0.2) is 41.9 Å². The minimum absolute atomic E-state index is 0.240. The molecule has 0 spiro atoms. The molecule has 0 saturated carbocycles. The van der Waals surface area contributed by atoms with E-state index in [-0.39, 0.29) is 11.8 Å². The van der Waals surface area contributed by atoms with Crippen LogP contribution >= 0.6 is 0 Å². The Balaban J connectivity index is 2.27. The molecule has 1 rings (SSSR count). The number of carbonyl (C=O) groups is 1. The molecule has 12 heavy (non-hydrogen) atoms. The highest BCUT2D eigenvalue weighted by atomic mass is 16.7. The fourth-order valence-corrected chi connectivity index (χ4v) is 1.05. The van der Waals surface area contributed by atoms with E-state index in [2.05, 4.69) is 0 Å². The second-order valence-electron chi connectivity index (χ2n) is 3.10. The molecule has 1 saturated heterocycles. The SMILES string of the molecule is CC(CN1CC(O)CO1)C(N)=O. The largest absolute Gasteiger partial charge is 0.389 e. The molecule has 2 atom stereocenters. The van der Waals surface area contributed by atoms with Crippen LogP contribution in [-0.2, 0) is 9.63 Å². The number of β-amino-alcohol motifs (C(OH)–C–C–N with tert-alkyl or cyclic N) is 1. The van der Waals surface area contributed by atoms with E-state index in [0.29, 0.717) is 19.7 Å². The number of amides is 1. The average molecular weight is 174 g/mol. The Morgan fingerprint density at radius 3 is 3.00 bits per heavy atom. The molecule has 0 radical (unpaired) electrons. The van der Waals surface area contributed by atoms with E-state index in [1.165, 1.54) is 0 Å². The second kappa shape index (κ2) is 3.84. The van der Waals surface area contributed by atoms with Gasteiger partial charge in [-0.1, -0.05) is 6.92 Å². The van der Waals surface area contributed by atoms with Crippen molar-refractivity contribution in [3.63, 3.8) is 0 Å². The Morgan fingerprint density at radius 1 is 1.92 bits per heavy atom. The molecule has 70 valence electrons. The molecule has 1 aliphatic rings. The van der Waals surface area contributed by atoms with Gasteiger partial charge in [0.05, 0.1) is 19.3 Å². The average Bonchev–Trinajstić information content (AvgIpc) is 2.35. The molecule has 0 aromatic rings. The summed E-state index contributed by atoms with van der Waals surface area (Å²) in [5, 5.41) is 10.6. The van der Waals surface area contributed by atoms with Gasteiger partial charge in [-0.2, -0.15) is 5.06 Å². The predicted octanol–water partition coefficient (Wildman–Crippen LogP) is -1.28. The Kier molecular flexibility index (Phi) is 3.02. The third kappa shape index (κ3) is 2.44. The molecule has 1 amide bonds.